The fourth-order valence-electron chi connectivity index (χ4n) is 3.55. The van der Waals surface area contributed by atoms with Crippen molar-refractivity contribution in [1.82, 2.24) is 9.97 Å². The minimum Gasteiger partial charge on any atom is -0.370 e. The van der Waals surface area contributed by atoms with Crippen molar-refractivity contribution in [2.75, 3.05) is 23.3 Å². The number of hydrogen-bond donors (Lipinski definition) is 2. The van der Waals surface area contributed by atoms with Gasteiger partial charge in [0.25, 0.3) is 11.5 Å². The van der Waals surface area contributed by atoms with Crippen molar-refractivity contribution >= 4 is 28.9 Å². The van der Waals surface area contributed by atoms with Crippen LogP contribution < -0.4 is 15.8 Å². The monoisotopic (exact) mass is 462 g/mol. The van der Waals surface area contributed by atoms with E-state index in [1.807, 2.05) is 4.90 Å². The van der Waals surface area contributed by atoms with Crippen LogP contribution in [-0.2, 0) is 6.18 Å². The highest BCUT2D eigenvalue weighted by molar-refractivity contribution is 6.30. The van der Waals surface area contributed by atoms with Crippen LogP contribution >= 0.6 is 11.6 Å². The zero-order valence-electron chi connectivity index (χ0n) is 16.7. The van der Waals surface area contributed by atoms with Crippen LogP contribution in [0.2, 0.25) is 5.02 Å². The maximum absolute atomic E-state index is 13.2. The minimum absolute atomic E-state index is 0.00657. The summed E-state index contributed by atoms with van der Waals surface area (Å²) in [7, 11) is 0. The van der Waals surface area contributed by atoms with Crippen LogP contribution in [0.1, 0.15) is 28.8 Å². The van der Waals surface area contributed by atoms with Crippen molar-refractivity contribution in [2.24, 2.45) is 0 Å². The predicted molar refractivity (Wildman–Crippen MR) is 116 cm³/mol. The molecule has 2 aromatic carbocycles. The summed E-state index contributed by atoms with van der Waals surface area (Å²) in [6.45, 7) is 1.35. The Kier molecular flexibility index (Phi) is 5.92. The number of hydrogen-bond acceptors (Lipinski definition) is 4. The zero-order valence-corrected chi connectivity index (χ0v) is 17.4. The average Bonchev–Trinajstić information content (AvgIpc) is 3.28. The number of amides is 1. The fraction of sp³-hybridized carbons (Fsp3) is 0.227. The molecule has 10 heteroatoms. The Bertz CT molecular complexity index is 1200. The van der Waals surface area contributed by atoms with Gasteiger partial charge in [-0.25, -0.2) is 4.98 Å². The van der Waals surface area contributed by atoms with Crippen molar-refractivity contribution in [2.45, 2.75) is 19.0 Å². The van der Waals surface area contributed by atoms with Gasteiger partial charge in [0, 0.05) is 29.9 Å². The molecule has 0 atom stereocenters. The summed E-state index contributed by atoms with van der Waals surface area (Å²) in [5.74, 6) is -0.610. The Morgan fingerprint density at radius 2 is 1.78 bits per heavy atom. The first kappa shape index (κ1) is 21.9. The van der Waals surface area contributed by atoms with Crippen LogP contribution in [0.3, 0.4) is 0 Å². The van der Waals surface area contributed by atoms with Crippen molar-refractivity contribution in [3.05, 3.63) is 75.2 Å². The highest BCUT2D eigenvalue weighted by Crippen LogP contribution is 2.36. The maximum Gasteiger partial charge on any atom is 0.416 e. The molecule has 2 N–H and O–H groups in total. The summed E-state index contributed by atoms with van der Waals surface area (Å²) in [4.78, 5) is 33.8. The Hall–Kier alpha value is -3.33. The van der Waals surface area contributed by atoms with Crippen molar-refractivity contribution in [1.29, 1.82) is 0 Å². The second-order valence-corrected chi connectivity index (χ2v) is 7.80. The van der Waals surface area contributed by atoms with E-state index in [0.717, 1.165) is 31.2 Å². The standard InChI is InChI=1S/C22H18ClF3N4O2/c23-15-6-3-13(4-7-15)19-27-12-16(21(32)29-19)20(31)28-17-11-14(22(24,25)26)5-8-18(17)30-9-1-2-10-30/h3-8,11-12H,1-2,9-10H2,(H,28,31)(H,27,29,32). The number of nitrogens with zero attached hydrogens (tertiary/aromatic N) is 2. The lowest BCUT2D eigenvalue weighted by Crippen LogP contribution is -2.26. The SMILES string of the molecule is O=C(Nc1cc(C(F)(F)F)ccc1N1CCCC1)c1cnc(-c2ccc(Cl)cc2)[nH]c1=O. The van der Waals surface area contributed by atoms with Gasteiger partial charge in [-0.1, -0.05) is 11.6 Å². The molecule has 6 nitrogen and oxygen atoms in total. The van der Waals surface area contributed by atoms with Gasteiger partial charge in [-0.3, -0.25) is 9.59 Å². The lowest BCUT2D eigenvalue weighted by Gasteiger charge is -2.22. The molecular formula is C22H18ClF3N4O2. The molecule has 4 rings (SSSR count). The number of halogens is 4. The molecule has 0 spiro atoms. The van der Waals surface area contributed by atoms with Gasteiger partial charge < -0.3 is 15.2 Å². The summed E-state index contributed by atoms with van der Waals surface area (Å²) in [6.07, 6.45) is -1.65. The van der Waals surface area contributed by atoms with Crippen molar-refractivity contribution < 1.29 is 18.0 Å². The summed E-state index contributed by atoms with van der Waals surface area (Å²) < 4.78 is 39.7. The molecule has 2 heterocycles. The summed E-state index contributed by atoms with van der Waals surface area (Å²) in [5.41, 5.74) is -0.850. The Morgan fingerprint density at radius 1 is 1.09 bits per heavy atom. The third-order valence-electron chi connectivity index (χ3n) is 5.18. The van der Waals surface area contributed by atoms with Gasteiger partial charge in [0.15, 0.2) is 0 Å². The van der Waals surface area contributed by atoms with E-state index in [1.165, 1.54) is 6.07 Å². The topological polar surface area (TPSA) is 78.1 Å². The quantitative estimate of drug-likeness (QED) is 0.574. The van der Waals surface area contributed by atoms with E-state index in [-0.39, 0.29) is 17.1 Å². The van der Waals surface area contributed by atoms with Crippen molar-refractivity contribution in [3.63, 3.8) is 0 Å². The molecule has 0 bridgehead atoms. The number of H-pyrrole nitrogens is 1. The largest absolute Gasteiger partial charge is 0.416 e. The van der Waals surface area contributed by atoms with E-state index in [1.54, 1.807) is 24.3 Å². The van der Waals surface area contributed by atoms with Gasteiger partial charge in [0.05, 0.1) is 16.9 Å². The highest BCUT2D eigenvalue weighted by atomic mass is 35.5. The van der Waals surface area contributed by atoms with Gasteiger partial charge in [0.1, 0.15) is 11.4 Å². The first-order valence-corrected chi connectivity index (χ1v) is 10.2. The van der Waals surface area contributed by atoms with Crippen LogP contribution in [0.25, 0.3) is 11.4 Å². The molecule has 1 amide bonds. The lowest BCUT2D eigenvalue weighted by molar-refractivity contribution is -0.137. The second kappa shape index (κ2) is 8.66. The number of carbonyl (C=O) groups is 1. The van der Waals surface area contributed by atoms with E-state index < -0.39 is 23.2 Å². The van der Waals surface area contributed by atoms with Crippen LogP contribution in [0.5, 0.6) is 0 Å². The molecule has 166 valence electrons. The molecule has 32 heavy (non-hydrogen) atoms. The number of anilines is 2. The molecular weight excluding hydrogens is 445 g/mol. The van der Waals surface area contributed by atoms with Crippen molar-refractivity contribution in [3.8, 4) is 11.4 Å². The number of alkyl halides is 3. The zero-order chi connectivity index (χ0) is 22.9. The van der Waals surface area contributed by atoms with E-state index in [9.17, 15) is 22.8 Å². The van der Waals surface area contributed by atoms with Gasteiger partial charge in [-0.2, -0.15) is 13.2 Å². The average molecular weight is 463 g/mol. The van der Waals surface area contributed by atoms with E-state index in [0.29, 0.717) is 29.4 Å². The summed E-state index contributed by atoms with van der Waals surface area (Å²) in [6, 6.07) is 9.79. The van der Waals surface area contributed by atoms with Gasteiger partial charge in [-0.05, 0) is 55.3 Å². The third-order valence-corrected chi connectivity index (χ3v) is 5.43. The molecule has 1 aromatic heterocycles. The molecule has 1 saturated heterocycles. The maximum atomic E-state index is 13.2. The van der Waals surface area contributed by atoms with E-state index >= 15 is 0 Å². The van der Waals surface area contributed by atoms with Gasteiger partial charge in [-0.15, -0.1) is 0 Å². The number of rotatable bonds is 4. The van der Waals surface area contributed by atoms with Crippen LogP contribution in [0, 0.1) is 0 Å². The summed E-state index contributed by atoms with van der Waals surface area (Å²) in [5, 5.41) is 2.98. The van der Waals surface area contributed by atoms with Crippen LogP contribution in [0.15, 0.2) is 53.5 Å². The number of nitrogens with one attached hydrogen (secondary N) is 2. The number of benzene rings is 2. The molecule has 1 aliphatic heterocycles. The number of aromatic amines is 1. The van der Waals surface area contributed by atoms with Gasteiger partial charge in [0.2, 0.25) is 0 Å². The Morgan fingerprint density at radius 3 is 2.41 bits per heavy atom. The van der Waals surface area contributed by atoms with Crippen LogP contribution in [-0.4, -0.2) is 29.0 Å². The Balaban J connectivity index is 1.64. The first-order chi connectivity index (χ1) is 15.2. The summed E-state index contributed by atoms with van der Waals surface area (Å²) >= 11 is 5.85. The van der Waals surface area contributed by atoms with E-state index in [2.05, 4.69) is 15.3 Å². The highest BCUT2D eigenvalue weighted by Gasteiger charge is 2.32. The molecule has 0 aliphatic carbocycles. The Labute approximate surface area is 186 Å². The van der Waals surface area contributed by atoms with Gasteiger partial charge >= 0.3 is 6.18 Å². The molecule has 3 aromatic rings. The first-order valence-electron chi connectivity index (χ1n) is 9.85. The fourth-order valence-corrected chi connectivity index (χ4v) is 3.67. The lowest BCUT2D eigenvalue weighted by atomic mass is 10.1. The third kappa shape index (κ3) is 4.62. The molecule has 1 aliphatic rings. The normalized spacial score (nSPS) is 13.9. The predicted octanol–water partition coefficient (Wildman–Crippen LogP) is 4.96. The van der Waals surface area contributed by atoms with E-state index in [4.69, 9.17) is 11.6 Å². The molecule has 0 saturated carbocycles. The molecule has 0 radical (unpaired) electrons. The number of carbonyl (C=O) groups excluding carboxylic acids is 1. The number of aromatic nitrogens is 2. The molecule has 0 unspecified atom stereocenters. The smallest absolute Gasteiger partial charge is 0.370 e. The second-order valence-electron chi connectivity index (χ2n) is 7.36. The van der Waals surface area contributed by atoms with Crippen LogP contribution in [0.4, 0.5) is 24.5 Å². The minimum atomic E-state index is -4.57. The molecule has 1 fully saturated rings.